The molecule has 0 amide bonds. The van der Waals surface area contributed by atoms with Gasteiger partial charge in [0.25, 0.3) is 0 Å². The number of ketones is 1. The minimum Gasteiger partial charge on any atom is -0.381 e. The van der Waals surface area contributed by atoms with Crippen molar-refractivity contribution in [3.8, 4) is 6.07 Å². The molecule has 0 radical (unpaired) electrons. The van der Waals surface area contributed by atoms with E-state index in [1.54, 1.807) is 6.21 Å². The lowest BCUT2D eigenvalue weighted by molar-refractivity contribution is -0.133. The largest absolute Gasteiger partial charge is 0.381 e. The van der Waals surface area contributed by atoms with Gasteiger partial charge in [0.1, 0.15) is 12.1 Å². The molecule has 2 fully saturated rings. The zero-order valence-corrected chi connectivity index (χ0v) is 16.1. The highest BCUT2D eigenvalue weighted by Gasteiger charge is 2.37. The van der Waals surface area contributed by atoms with Gasteiger partial charge >= 0.3 is 0 Å². The number of fused-ring (bicyclic) bond motifs is 1. The minimum absolute atomic E-state index is 0.00667. The molecule has 2 saturated heterocycles. The summed E-state index contributed by atoms with van der Waals surface area (Å²) in [5.41, 5.74) is 2.93. The van der Waals surface area contributed by atoms with Gasteiger partial charge in [0.2, 0.25) is 5.78 Å². The molecule has 4 atom stereocenters. The van der Waals surface area contributed by atoms with Crippen molar-refractivity contribution in [2.75, 3.05) is 13.2 Å². The van der Waals surface area contributed by atoms with Crippen molar-refractivity contribution in [3.05, 3.63) is 34.9 Å². The maximum absolute atomic E-state index is 12.7. The summed E-state index contributed by atoms with van der Waals surface area (Å²) < 4.78 is 11.3. The van der Waals surface area contributed by atoms with E-state index in [0.717, 1.165) is 24.8 Å². The summed E-state index contributed by atoms with van der Waals surface area (Å²) in [6, 6.07) is 2.22. The summed E-state index contributed by atoms with van der Waals surface area (Å²) >= 11 is 0. The summed E-state index contributed by atoms with van der Waals surface area (Å²) in [6.45, 7) is 3.43. The van der Waals surface area contributed by atoms with Crippen molar-refractivity contribution in [2.24, 2.45) is 15.9 Å². The van der Waals surface area contributed by atoms with Gasteiger partial charge in [0.05, 0.1) is 30.0 Å². The lowest BCUT2D eigenvalue weighted by Gasteiger charge is -2.36. The first-order chi connectivity index (χ1) is 13.7. The molecule has 0 bridgehead atoms. The molecular weight excluding hydrogens is 354 g/mol. The smallest absolute Gasteiger partial charge is 0.202 e. The van der Waals surface area contributed by atoms with Crippen LogP contribution in [0.1, 0.15) is 32.6 Å². The van der Waals surface area contributed by atoms with Gasteiger partial charge in [0.15, 0.2) is 0 Å². The molecule has 6 nitrogen and oxygen atoms in total. The summed E-state index contributed by atoms with van der Waals surface area (Å²) in [5, 5.41) is 9.32. The topological polar surface area (TPSA) is 84.0 Å². The average molecular weight is 379 g/mol. The van der Waals surface area contributed by atoms with Crippen molar-refractivity contribution >= 4 is 18.2 Å². The summed E-state index contributed by atoms with van der Waals surface area (Å²) in [4.78, 5) is 21.6. The van der Waals surface area contributed by atoms with E-state index in [-0.39, 0.29) is 29.9 Å². The van der Waals surface area contributed by atoms with Crippen LogP contribution in [0.25, 0.3) is 0 Å². The zero-order valence-electron chi connectivity index (χ0n) is 16.1. The van der Waals surface area contributed by atoms with Crippen LogP contribution in [0.3, 0.4) is 0 Å². The van der Waals surface area contributed by atoms with Crippen LogP contribution in [0.15, 0.2) is 44.9 Å². The number of carbonyl (C=O) groups excluding carboxylic acids is 1. The van der Waals surface area contributed by atoms with Crippen molar-refractivity contribution in [1.29, 1.82) is 5.26 Å². The molecule has 0 N–H and O–H groups in total. The van der Waals surface area contributed by atoms with Crippen molar-refractivity contribution in [1.82, 2.24) is 0 Å². The van der Waals surface area contributed by atoms with E-state index in [1.807, 2.05) is 25.2 Å². The molecule has 0 aromatic rings. The van der Waals surface area contributed by atoms with Gasteiger partial charge in [-0.15, -0.1) is 0 Å². The first-order valence-electron chi connectivity index (χ1n) is 10.0. The zero-order chi connectivity index (χ0) is 19.5. The lowest BCUT2D eigenvalue weighted by Crippen LogP contribution is -2.38. The maximum Gasteiger partial charge on any atom is 0.202 e. The molecule has 0 aromatic carbocycles. The Labute approximate surface area is 165 Å². The van der Waals surface area contributed by atoms with E-state index in [4.69, 9.17) is 9.47 Å². The van der Waals surface area contributed by atoms with E-state index in [1.165, 1.54) is 11.8 Å². The van der Waals surface area contributed by atoms with Crippen LogP contribution in [0.2, 0.25) is 0 Å². The number of hydrogen-bond donors (Lipinski definition) is 0. The fourth-order valence-corrected chi connectivity index (χ4v) is 4.40. The van der Waals surface area contributed by atoms with Gasteiger partial charge in [0, 0.05) is 19.4 Å². The molecule has 0 aromatic heterocycles. The maximum atomic E-state index is 12.7. The third-order valence-electron chi connectivity index (χ3n) is 5.86. The van der Waals surface area contributed by atoms with Gasteiger partial charge in [-0.05, 0) is 61.8 Å². The molecule has 146 valence electrons. The second kappa shape index (κ2) is 8.34. The molecule has 6 heteroatoms. The Bertz CT molecular complexity index is 824. The number of Topliss-reactive ketones (excluding diaryl/α,β-unsaturated/α-hetero) is 1. The standard InChI is InChI=1S/C22H25N3O3/c1-14-10-16(18-3-2-15(12-23)22-19(18)4-7-24-22)11-21(28-14)20(26)13-25-17-5-8-27-9-6-17/h2-4,7,13-14,16-17,21-22H,5-6,8-11H2,1H3/t14-,16?,21-,22?/m1/s1. The number of nitrogens with zero attached hydrogens (tertiary/aromatic N) is 3. The third-order valence-corrected chi connectivity index (χ3v) is 5.86. The van der Waals surface area contributed by atoms with E-state index < -0.39 is 6.10 Å². The van der Waals surface area contributed by atoms with Gasteiger partial charge in [-0.25, -0.2) is 0 Å². The highest BCUT2D eigenvalue weighted by atomic mass is 16.5. The Morgan fingerprint density at radius 3 is 2.86 bits per heavy atom. The molecule has 0 saturated carbocycles. The average Bonchev–Trinajstić information content (AvgIpc) is 3.21. The van der Waals surface area contributed by atoms with Crippen LogP contribution in [0.4, 0.5) is 0 Å². The lowest BCUT2D eigenvalue weighted by atomic mass is 9.77. The first kappa shape index (κ1) is 19.0. The van der Waals surface area contributed by atoms with E-state index in [9.17, 15) is 10.1 Å². The Morgan fingerprint density at radius 2 is 2.07 bits per heavy atom. The van der Waals surface area contributed by atoms with Crippen LogP contribution in [-0.2, 0) is 14.3 Å². The fraction of sp³-hybridized carbons (Fsp3) is 0.545. The van der Waals surface area contributed by atoms with Gasteiger partial charge in [-0.1, -0.05) is 6.08 Å². The van der Waals surface area contributed by atoms with E-state index in [2.05, 4.69) is 16.1 Å². The third kappa shape index (κ3) is 3.91. The number of ether oxygens (including phenoxy) is 2. The molecule has 28 heavy (non-hydrogen) atoms. The molecule has 4 rings (SSSR count). The SMILES string of the molecule is C[C@@H]1CC(C2=CC=C(C#N)C3N=CC=C23)C[C@H](C(=O)C=NC2CCOCC2)O1. The molecule has 3 aliphatic heterocycles. The molecule has 3 heterocycles. The van der Waals surface area contributed by atoms with Crippen molar-refractivity contribution < 1.29 is 14.3 Å². The summed E-state index contributed by atoms with van der Waals surface area (Å²) in [6.07, 6.45) is 11.9. The number of rotatable bonds is 4. The molecule has 1 aliphatic carbocycles. The number of carbonyl (C=O) groups is 1. The number of aliphatic imine (C=N–C) groups is 2. The van der Waals surface area contributed by atoms with Crippen LogP contribution in [0.5, 0.6) is 0 Å². The molecule has 4 aliphatic rings. The van der Waals surface area contributed by atoms with E-state index in [0.29, 0.717) is 25.2 Å². The molecular formula is C22H25N3O3. The van der Waals surface area contributed by atoms with Crippen LogP contribution < -0.4 is 0 Å². The van der Waals surface area contributed by atoms with Gasteiger partial charge in [-0.3, -0.25) is 14.8 Å². The first-order valence-corrected chi connectivity index (χ1v) is 10.0. The van der Waals surface area contributed by atoms with Crippen LogP contribution in [0, 0.1) is 17.2 Å². The molecule has 2 unspecified atom stereocenters. The Kier molecular flexibility index (Phi) is 5.65. The highest BCUT2D eigenvalue weighted by molar-refractivity contribution is 6.29. The summed E-state index contributed by atoms with van der Waals surface area (Å²) in [5.74, 6) is 0.155. The monoisotopic (exact) mass is 379 g/mol. The second-order valence-corrected chi connectivity index (χ2v) is 7.81. The predicted octanol–water partition coefficient (Wildman–Crippen LogP) is 2.76. The van der Waals surface area contributed by atoms with Crippen LogP contribution in [-0.4, -0.2) is 55.7 Å². The number of hydrogen-bond acceptors (Lipinski definition) is 6. The Balaban J connectivity index is 1.47. The quantitative estimate of drug-likeness (QED) is 0.703. The highest BCUT2D eigenvalue weighted by Crippen LogP contribution is 2.40. The number of nitriles is 1. The predicted molar refractivity (Wildman–Crippen MR) is 107 cm³/mol. The normalized spacial score (nSPS) is 33.1. The van der Waals surface area contributed by atoms with Gasteiger partial charge in [-0.2, -0.15) is 5.26 Å². The van der Waals surface area contributed by atoms with Crippen molar-refractivity contribution in [2.45, 2.75) is 56.9 Å². The Hall–Kier alpha value is -2.36. The van der Waals surface area contributed by atoms with Crippen molar-refractivity contribution in [3.63, 3.8) is 0 Å². The van der Waals surface area contributed by atoms with Crippen LogP contribution >= 0.6 is 0 Å². The Morgan fingerprint density at radius 1 is 1.25 bits per heavy atom. The van der Waals surface area contributed by atoms with Gasteiger partial charge < -0.3 is 9.47 Å². The minimum atomic E-state index is -0.471. The second-order valence-electron chi connectivity index (χ2n) is 7.81. The number of allylic oxidation sites excluding steroid dienone is 3. The van der Waals surface area contributed by atoms with E-state index >= 15 is 0 Å². The fourth-order valence-electron chi connectivity index (χ4n) is 4.40. The summed E-state index contributed by atoms with van der Waals surface area (Å²) in [7, 11) is 0. The molecule has 0 spiro atoms.